The Labute approximate surface area is 131 Å². The molecule has 0 spiro atoms. The second-order valence-electron chi connectivity index (χ2n) is 4.99. The van der Waals surface area contributed by atoms with Crippen LogP contribution < -0.4 is 10.1 Å². The van der Waals surface area contributed by atoms with Crippen LogP contribution in [-0.4, -0.2) is 6.54 Å². The van der Waals surface area contributed by atoms with Crippen LogP contribution in [0.2, 0.25) is 5.02 Å². The summed E-state index contributed by atoms with van der Waals surface area (Å²) in [6.07, 6.45) is 3.80. The molecule has 4 heteroatoms. The molecule has 0 bridgehead atoms. The summed E-state index contributed by atoms with van der Waals surface area (Å²) in [5.41, 5.74) is 2.24. The quantitative estimate of drug-likeness (QED) is 0.725. The van der Waals surface area contributed by atoms with Crippen LogP contribution in [0.1, 0.15) is 37.2 Å². The van der Waals surface area contributed by atoms with E-state index in [9.17, 15) is 0 Å². The predicted octanol–water partition coefficient (Wildman–Crippen LogP) is 4.57. The molecule has 0 aliphatic rings. The van der Waals surface area contributed by atoms with Gasteiger partial charge in [0.15, 0.2) is 0 Å². The van der Waals surface area contributed by atoms with Gasteiger partial charge in [-0.3, -0.25) is 0 Å². The Morgan fingerprint density at radius 3 is 2.86 bits per heavy atom. The third-order valence-corrected chi connectivity index (χ3v) is 3.61. The minimum atomic E-state index is 0.429. The number of aryl methyl sites for hydroxylation is 1. The SMILES string of the molecule is CCCNCc1coc(COc2ccc(Cl)c(CC)c2)c1. The summed E-state index contributed by atoms with van der Waals surface area (Å²) in [4.78, 5) is 0. The average molecular weight is 308 g/mol. The summed E-state index contributed by atoms with van der Waals surface area (Å²) >= 11 is 6.10. The number of rotatable bonds is 8. The van der Waals surface area contributed by atoms with Crippen molar-refractivity contribution in [2.45, 2.75) is 39.8 Å². The predicted molar refractivity (Wildman–Crippen MR) is 85.9 cm³/mol. The minimum Gasteiger partial charge on any atom is -0.486 e. The maximum absolute atomic E-state index is 6.10. The molecule has 0 radical (unpaired) electrons. The van der Waals surface area contributed by atoms with E-state index < -0.39 is 0 Å². The Kier molecular flexibility index (Phi) is 6.15. The molecule has 1 aromatic heterocycles. The second kappa shape index (κ2) is 8.11. The van der Waals surface area contributed by atoms with Crippen LogP contribution in [0.5, 0.6) is 5.75 Å². The second-order valence-corrected chi connectivity index (χ2v) is 5.40. The highest BCUT2D eigenvalue weighted by Crippen LogP contribution is 2.23. The Hall–Kier alpha value is -1.45. The van der Waals surface area contributed by atoms with E-state index in [1.807, 2.05) is 24.3 Å². The van der Waals surface area contributed by atoms with Crippen molar-refractivity contribution in [3.05, 3.63) is 52.4 Å². The van der Waals surface area contributed by atoms with Crippen LogP contribution in [0.25, 0.3) is 0 Å². The van der Waals surface area contributed by atoms with Crippen molar-refractivity contribution in [2.75, 3.05) is 6.54 Å². The lowest BCUT2D eigenvalue weighted by molar-refractivity contribution is 0.270. The molecule has 0 aliphatic carbocycles. The van der Waals surface area contributed by atoms with Crippen molar-refractivity contribution >= 4 is 11.6 Å². The number of halogens is 1. The van der Waals surface area contributed by atoms with Gasteiger partial charge in [0.05, 0.1) is 6.26 Å². The van der Waals surface area contributed by atoms with Gasteiger partial charge in [-0.25, -0.2) is 0 Å². The van der Waals surface area contributed by atoms with Gasteiger partial charge in [0.25, 0.3) is 0 Å². The van der Waals surface area contributed by atoms with Crippen LogP contribution in [0.4, 0.5) is 0 Å². The molecule has 0 amide bonds. The van der Waals surface area contributed by atoms with Crippen molar-refractivity contribution < 1.29 is 9.15 Å². The summed E-state index contributed by atoms with van der Waals surface area (Å²) in [5, 5.41) is 4.13. The number of furan rings is 1. The van der Waals surface area contributed by atoms with E-state index in [-0.39, 0.29) is 0 Å². The molecule has 0 saturated heterocycles. The normalized spacial score (nSPS) is 10.8. The molecule has 114 valence electrons. The maximum Gasteiger partial charge on any atom is 0.146 e. The van der Waals surface area contributed by atoms with Crippen molar-refractivity contribution in [3.63, 3.8) is 0 Å². The third-order valence-electron chi connectivity index (χ3n) is 3.24. The molecular formula is C17H22ClNO2. The van der Waals surface area contributed by atoms with Gasteiger partial charge in [-0.15, -0.1) is 0 Å². The van der Waals surface area contributed by atoms with Gasteiger partial charge >= 0.3 is 0 Å². The third kappa shape index (κ3) is 4.80. The first-order chi connectivity index (χ1) is 10.2. The number of nitrogens with one attached hydrogen (secondary N) is 1. The Bertz CT molecular complexity index is 566. The van der Waals surface area contributed by atoms with Crippen LogP contribution in [0, 0.1) is 0 Å². The molecule has 1 N–H and O–H groups in total. The summed E-state index contributed by atoms with van der Waals surface area (Å²) in [6, 6.07) is 7.76. The van der Waals surface area contributed by atoms with Gasteiger partial charge in [-0.1, -0.05) is 25.4 Å². The van der Waals surface area contributed by atoms with Crippen molar-refractivity contribution in [2.24, 2.45) is 0 Å². The number of hydrogen-bond donors (Lipinski definition) is 1. The fraction of sp³-hybridized carbons (Fsp3) is 0.412. The minimum absolute atomic E-state index is 0.429. The lowest BCUT2D eigenvalue weighted by Gasteiger charge is -2.07. The number of benzene rings is 1. The van der Waals surface area contributed by atoms with Crippen LogP contribution in [0.3, 0.4) is 0 Å². The smallest absolute Gasteiger partial charge is 0.146 e. The first kappa shape index (κ1) is 15.9. The van der Waals surface area contributed by atoms with E-state index in [4.69, 9.17) is 20.8 Å². The monoisotopic (exact) mass is 307 g/mol. The van der Waals surface area contributed by atoms with E-state index >= 15 is 0 Å². The summed E-state index contributed by atoms with van der Waals surface area (Å²) in [5.74, 6) is 1.65. The lowest BCUT2D eigenvalue weighted by Crippen LogP contribution is -2.13. The molecule has 0 unspecified atom stereocenters. The Balaban J connectivity index is 1.88. The van der Waals surface area contributed by atoms with Crippen molar-refractivity contribution in [1.82, 2.24) is 5.32 Å². The van der Waals surface area contributed by atoms with Gasteiger partial charge in [0.2, 0.25) is 0 Å². The van der Waals surface area contributed by atoms with Crippen molar-refractivity contribution in [1.29, 1.82) is 0 Å². The molecule has 3 nitrogen and oxygen atoms in total. The Morgan fingerprint density at radius 2 is 2.10 bits per heavy atom. The summed E-state index contributed by atoms with van der Waals surface area (Å²) < 4.78 is 11.3. The molecule has 1 heterocycles. The highest BCUT2D eigenvalue weighted by atomic mass is 35.5. The first-order valence-electron chi connectivity index (χ1n) is 7.41. The number of ether oxygens (including phenoxy) is 1. The van der Waals surface area contributed by atoms with E-state index in [2.05, 4.69) is 19.2 Å². The van der Waals surface area contributed by atoms with Crippen LogP contribution in [-0.2, 0) is 19.6 Å². The van der Waals surface area contributed by atoms with Gasteiger partial charge in [-0.05, 0) is 49.2 Å². The molecular weight excluding hydrogens is 286 g/mol. The van der Waals surface area contributed by atoms with E-state index in [1.54, 1.807) is 6.26 Å². The van der Waals surface area contributed by atoms with Gasteiger partial charge < -0.3 is 14.5 Å². The summed E-state index contributed by atoms with van der Waals surface area (Å²) in [6.45, 7) is 6.50. The van der Waals surface area contributed by atoms with Gasteiger partial charge in [0.1, 0.15) is 18.1 Å². The van der Waals surface area contributed by atoms with E-state index in [0.29, 0.717) is 6.61 Å². The zero-order valence-corrected chi connectivity index (χ0v) is 13.4. The van der Waals surface area contributed by atoms with E-state index in [1.165, 1.54) is 0 Å². The molecule has 1 aromatic carbocycles. The highest BCUT2D eigenvalue weighted by Gasteiger charge is 2.05. The zero-order chi connectivity index (χ0) is 15.1. The summed E-state index contributed by atoms with van der Waals surface area (Å²) in [7, 11) is 0. The fourth-order valence-corrected chi connectivity index (χ4v) is 2.32. The number of hydrogen-bond acceptors (Lipinski definition) is 3. The molecule has 0 aliphatic heterocycles. The largest absolute Gasteiger partial charge is 0.486 e. The Morgan fingerprint density at radius 1 is 1.24 bits per heavy atom. The zero-order valence-electron chi connectivity index (χ0n) is 12.6. The highest BCUT2D eigenvalue weighted by molar-refractivity contribution is 6.31. The van der Waals surface area contributed by atoms with Crippen LogP contribution in [0.15, 0.2) is 34.9 Å². The first-order valence-corrected chi connectivity index (χ1v) is 7.79. The van der Waals surface area contributed by atoms with Crippen LogP contribution >= 0.6 is 11.6 Å². The molecule has 2 aromatic rings. The topological polar surface area (TPSA) is 34.4 Å². The average Bonchev–Trinajstić information content (AvgIpc) is 2.94. The van der Waals surface area contributed by atoms with Gasteiger partial charge in [0, 0.05) is 17.1 Å². The van der Waals surface area contributed by atoms with Crippen molar-refractivity contribution in [3.8, 4) is 5.75 Å². The molecule has 0 saturated carbocycles. The fourth-order valence-electron chi connectivity index (χ4n) is 2.07. The maximum atomic E-state index is 6.10. The molecule has 2 rings (SSSR count). The van der Waals surface area contributed by atoms with Gasteiger partial charge in [-0.2, -0.15) is 0 Å². The van der Waals surface area contributed by atoms with E-state index in [0.717, 1.165) is 53.6 Å². The molecule has 0 atom stereocenters. The molecule has 21 heavy (non-hydrogen) atoms. The lowest BCUT2D eigenvalue weighted by atomic mass is 10.1. The standard InChI is InChI=1S/C17H22ClNO2/c1-3-7-19-10-13-8-16(20-11-13)12-21-15-5-6-17(18)14(4-2)9-15/h5-6,8-9,11,19H,3-4,7,10,12H2,1-2H3. The molecule has 0 fully saturated rings.